The first-order valence-corrected chi connectivity index (χ1v) is 33.8. The van der Waals surface area contributed by atoms with Crippen LogP contribution >= 0.6 is 0 Å². The molecule has 0 rings (SSSR count). The third-order valence-electron chi connectivity index (χ3n) is 15.4. The maximum absolute atomic E-state index is 12.8. The van der Waals surface area contributed by atoms with Crippen molar-refractivity contribution in [1.82, 2.24) is 0 Å². The smallest absolute Gasteiger partial charge is 0.306 e. The summed E-state index contributed by atoms with van der Waals surface area (Å²) in [5, 5.41) is 0. The molecule has 0 aliphatic heterocycles. The number of hydrogen-bond donors (Lipinski definition) is 0. The van der Waals surface area contributed by atoms with E-state index in [1.165, 1.54) is 263 Å². The molecule has 442 valence electrons. The van der Waals surface area contributed by atoms with Gasteiger partial charge in [0.25, 0.3) is 0 Å². The average molecular weight is 1060 g/mol. The first-order valence-electron chi connectivity index (χ1n) is 33.8. The van der Waals surface area contributed by atoms with Crippen LogP contribution in [-0.2, 0) is 28.6 Å². The Hall–Kier alpha value is -2.11. The van der Waals surface area contributed by atoms with E-state index >= 15 is 0 Å². The molecule has 0 aliphatic rings. The van der Waals surface area contributed by atoms with E-state index in [-0.39, 0.29) is 31.1 Å². The van der Waals surface area contributed by atoms with E-state index in [0.29, 0.717) is 19.3 Å². The number of carbonyl (C=O) groups excluding carboxylic acids is 3. The van der Waals surface area contributed by atoms with Crippen LogP contribution in [0.1, 0.15) is 380 Å². The zero-order chi connectivity index (χ0) is 54.3. The normalized spacial score (nSPS) is 12.1. The van der Waals surface area contributed by atoms with Crippen molar-refractivity contribution in [3.8, 4) is 0 Å². The van der Waals surface area contributed by atoms with E-state index in [4.69, 9.17) is 14.2 Å². The molecule has 0 aliphatic carbocycles. The van der Waals surface area contributed by atoms with Crippen molar-refractivity contribution in [2.75, 3.05) is 13.2 Å². The molecule has 0 aromatic rings. The molecule has 0 N–H and O–H groups in total. The summed E-state index contributed by atoms with van der Waals surface area (Å²) in [4.78, 5) is 38.1. The van der Waals surface area contributed by atoms with Crippen LogP contribution in [0.5, 0.6) is 0 Å². The molecule has 0 bridgehead atoms. The molecule has 0 aromatic carbocycles. The lowest BCUT2D eigenvalue weighted by atomic mass is 10.0. The average Bonchev–Trinajstić information content (AvgIpc) is 3.41. The van der Waals surface area contributed by atoms with Crippen molar-refractivity contribution in [2.24, 2.45) is 0 Å². The number of unbranched alkanes of at least 4 members (excludes halogenated alkanes) is 48. The van der Waals surface area contributed by atoms with Gasteiger partial charge in [-0.1, -0.05) is 321 Å². The zero-order valence-electron chi connectivity index (χ0n) is 50.8. The van der Waals surface area contributed by atoms with E-state index in [1.54, 1.807) is 0 Å². The third-order valence-corrected chi connectivity index (χ3v) is 15.4. The van der Waals surface area contributed by atoms with Gasteiger partial charge in [0.05, 0.1) is 0 Å². The summed E-state index contributed by atoms with van der Waals surface area (Å²) in [6.07, 6.45) is 78.1. The molecule has 0 heterocycles. The fraction of sp³-hybridized carbons (Fsp3) is 0.899. The number of ether oxygens (including phenoxy) is 3. The second-order valence-corrected chi connectivity index (χ2v) is 23.1. The molecule has 0 amide bonds. The second kappa shape index (κ2) is 64.4. The minimum atomic E-state index is -0.775. The molecule has 0 spiro atoms. The minimum absolute atomic E-state index is 0.0730. The summed E-state index contributed by atoms with van der Waals surface area (Å²) in [5.41, 5.74) is 0. The van der Waals surface area contributed by atoms with Gasteiger partial charge in [-0.25, -0.2) is 0 Å². The lowest BCUT2D eigenvalue weighted by Gasteiger charge is -2.18. The van der Waals surface area contributed by atoms with Gasteiger partial charge in [-0.3, -0.25) is 14.4 Å². The van der Waals surface area contributed by atoms with E-state index in [0.717, 1.165) is 77.0 Å². The Kier molecular flexibility index (Phi) is 62.6. The van der Waals surface area contributed by atoms with Gasteiger partial charge in [0.15, 0.2) is 6.10 Å². The Morgan fingerprint density at radius 3 is 0.720 bits per heavy atom. The highest BCUT2D eigenvalue weighted by Gasteiger charge is 2.19. The summed E-state index contributed by atoms with van der Waals surface area (Å²) in [6, 6.07) is 0. The summed E-state index contributed by atoms with van der Waals surface area (Å²) in [6.45, 7) is 6.61. The standard InChI is InChI=1S/C69H130O6/c1-4-7-10-13-16-19-22-24-26-27-28-29-30-31-32-33-34-35-36-37-38-39-40-41-42-43-44-46-47-50-53-56-59-62-68(71)74-65-66(64-73-67(70)61-58-55-52-49-21-18-15-12-9-6-3)75-69(72)63-60-57-54-51-48-45-25-23-20-17-14-11-8-5-2/h12,15,23,25,66H,4-11,13-14,16-22,24,26-65H2,1-3H3/b15-12-,25-23-. The lowest BCUT2D eigenvalue weighted by molar-refractivity contribution is -0.167. The third kappa shape index (κ3) is 62.6. The Balaban J connectivity index is 3.99. The summed E-state index contributed by atoms with van der Waals surface area (Å²) >= 11 is 0. The first kappa shape index (κ1) is 72.9. The molecule has 6 heteroatoms. The van der Waals surface area contributed by atoms with E-state index < -0.39 is 6.10 Å². The van der Waals surface area contributed by atoms with Gasteiger partial charge in [-0.05, 0) is 64.2 Å². The molecular formula is C69H130O6. The molecule has 0 saturated carbocycles. The van der Waals surface area contributed by atoms with Crippen LogP contribution in [0.2, 0.25) is 0 Å². The highest BCUT2D eigenvalue weighted by Crippen LogP contribution is 2.19. The largest absolute Gasteiger partial charge is 0.462 e. The Morgan fingerprint density at radius 1 is 0.253 bits per heavy atom. The quantitative estimate of drug-likeness (QED) is 0.0261. The van der Waals surface area contributed by atoms with Gasteiger partial charge < -0.3 is 14.2 Å². The number of carbonyl (C=O) groups is 3. The van der Waals surface area contributed by atoms with Crippen LogP contribution in [0.4, 0.5) is 0 Å². The monoisotopic (exact) mass is 1050 g/mol. The van der Waals surface area contributed by atoms with E-state index in [2.05, 4.69) is 45.1 Å². The molecule has 1 atom stereocenters. The predicted octanol–water partition coefficient (Wildman–Crippen LogP) is 23.0. The van der Waals surface area contributed by atoms with Gasteiger partial charge in [-0.2, -0.15) is 0 Å². The van der Waals surface area contributed by atoms with Gasteiger partial charge in [-0.15, -0.1) is 0 Å². The Bertz CT molecular complexity index is 1210. The fourth-order valence-corrected chi connectivity index (χ4v) is 10.3. The topological polar surface area (TPSA) is 78.9 Å². The number of hydrogen-bond acceptors (Lipinski definition) is 6. The van der Waals surface area contributed by atoms with Crippen LogP contribution < -0.4 is 0 Å². The van der Waals surface area contributed by atoms with Crippen LogP contribution in [-0.4, -0.2) is 37.2 Å². The maximum atomic E-state index is 12.8. The maximum Gasteiger partial charge on any atom is 0.306 e. The van der Waals surface area contributed by atoms with E-state index in [1.807, 2.05) is 0 Å². The molecular weight excluding hydrogens is 925 g/mol. The SMILES string of the molecule is CCC/C=C\CCCCCCCC(=O)OCC(COC(=O)CCCCCCCCCCCCCCCCCCCCCCCCCCCCCCCCCCC)OC(=O)CCCCCCC/C=C\CCCCCCC. The van der Waals surface area contributed by atoms with E-state index in [9.17, 15) is 14.4 Å². The van der Waals surface area contributed by atoms with Gasteiger partial charge in [0, 0.05) is 19.3 Å². The van der Waals surface area contributed by atoms with Crippen molar-refractivity contribution in [3.63, 3.8) is 0 Å². The summed E-state index contributed by atoms with van der Waals surface area (Å²) in [7, 11) is 0. The first-order chi connectivity index (χ1) is 37.0. The molecule has 75 heavy (non-hydrogen) atoms. The van der Waals surface area contributed by atoms with Crippen LogP contribution in [0.15, 0.2) is 24.3 Å². The van der Waals surface area contributed by atoms with Gasteiger partial charge in [0.2, 0.25) is 0 Å². The Morgan fingerprint density at radius 2 is 0.467 bits per heavy atom. The van der Waals surface area contributed by atoms with Crippen molar-refractivity contribution >= 4 is 17.9 Å². The summed E-state index contributed by atoms with van der Waals surface area (Å²) in [5.74, 6) is -0.871. The van der Waals surface area contributed by atoms with Crippen LogP contribution in [0.3, 0.4) is 0 Å². The highest BCUT2D eigenvalue weighted by molar-refractivity contribution is 5.71. The molecule has 0 aromatic heterocycles. The fourth-order valence-electron chi connectivity index (χ4n) is 10.3. The molecule has 1 unspecified atom stereocenters. The lowest BCUT2D eigenvalue weighted by Crippen LogP contribution is -2.30. The number of rotatable bonds is 63. The molecule has 0 radical (unpaired) electrons. The van der Waals surface area contributed by atoms with Crippen molar-refractivity contribution < 1.29 is 28.6 Å². The number of allylic oxidation sites excluding steroid dienone is 4. The van der Waals surface area contributed by atoms with Crippen molar-refractivity contribution in [3.05, 3.63) is 24.3 Å². The molecule has 0 saturated heterocycles. The zero-order valence-corrected chi connectivity index (χ0v) is 50.8. The van der Waals surface area contributed by atoms with Crippen LogP contribution in [0, 0.1) is 0 Å². The van der Waals surface area contributed by atoms with Gasteiger partial charge in [0.1, 0.15) is 13.2 Å². The predicted molar refractivity (Wildman–Crippen MR) is 326 cm³/mol. The Labute approximate surface area is 468 Å². The van der Waals surface area contributed by atoms with Crippen molar-refractivity contribution in [2.45, 2.75) is 386 Å². The minimum Gasteiger partial charge on any atom is -0.462 e. The van der Waals surface area contributed by atoms with Gasteiger partial charge >= 0.3 is 17.9 Å². The number of esters is 3. The highest BCUT2D eigenvalue weighted by atomic mass is 16.6. The molecule has 6 nitrogen and oxygen atoms in total. The van der Waals surface area contributed by atoms with Crippen molar-refractivity contribution in [1.29, 1.82) is 0 Å². The second-order valence-electron chi connectivity index (χ2n) is 23.1. The molecule has 0 fully saturated rings. The summed E-state index contributed by atoms with van der Waals surface area (Å²) < 4.78 is 16.9. The van der Waals surface area contributed by atoms with Crippen LogP contribution in [0.25, 0.3) is 0 Å².